The number of aryl methyl sites for hydroxylation is 1. The van der Waals surface area contributed by atoms with Crippen LogP contribution < -0.4 is 5.73 Å². The van der Waals surface area contributed by atoms with Crippen molar-refractivity contribution in [2.45, 2.75) is 27.2 Å². The van der Waals surface area contributed by atoms with Gasteiger partial charge in [0.05, 0.1) is 0 Å². The van der Waals surface area contributed by atoms with Crippen LogP contribution in [0.25, 0.3) is 11.5 Å². The Bertz CT molecular complexity index is 483. The Kier molecular flexibility index (Phi) is 2.73. The first-order valence-corrected chi connectivity index (χ1v) is 5.38. The van der Waals surface area contributed by atoms with Gasteiger partial charge in [0, 0.05) is 5.56 Å². The summed E-state index contributed by atoms with van der Waals surface area (Å²) < 4.78 is 10.7. The first-order valence-electron chi connectivity index (χ1n) is 5.38. The second-order valence-electron chi connectivity index (χ2n) is 4.38. The average molecular weight is 220 g/mol. The van der Waals surface area contributed by atoms with Gasteiger partial charge in [0.25, 0.3) is 0 Å². The molecular formula is C12H16N2O2. The maximum absolute atomic E-state index is 5.79. The molecule has 0 aliphatic heterocycles. The summed E-state index contributed by atoms with van der Waals surface area (Å²) in [5, 5.41) is 3.80. The minimum absolute atomic E-state index is 0.456. The zero-order chi connectivity index (χ0) is 11.7. The van der Waals surface area contributed by atoms with E-state index in [2.05, 4.69) is 19.0 Å². The van der Waals surface area contributed by atoms with Crippen LogP contribution >= 0.6 is 0 Å². The minimum Gasteiger partial charge on any atom is -0.458 e. The molecule has 0 bridgehead atoms. The van der Waals surface area contributed by atoms with Gasteiger partial charge in [-0.25, -0.2) is 0 Å². The van der Waals surface area contributed by atoms with E-state index in [1.165, 1.54) is 0 Å². The highest BCUT2D eigenvalue weighted by molar-refractivity contribution is 5.61. The quantitative estimate of drug-likeness (QED) is 0.863. The van der Waals surface area contributed by atoms with Gasteiger partial charge in [-0.1, -0.05) is 19.0 Å². The van der Waals surface area contributed by atoms with E-state index in [0.29, 0.717) is 23.3 Å². The van der Waals surface area contributed by atoms with E-state index in [-0.39, 0.29) is 0 Å². The Hall–Kier alpha value is -1.71. The van der Waals surface area contributed by atoms with Crippen LogP contribution in [0.15, 0.2) is 21.1 Å². The van der Waals surface area contributed by atoms with E-state index in [9.17, 15) is 0 Å². The molecule has 4 nitrogen and oxygen atoms in total. The zero-order valence-electron chi connectivity index (χ0n) is 9.78. The Morgan fingerprint density at radius 3 is 2.69 bits per heavy atom. The summed E-state index contributed by atoms with van der Waals surface area (Å²) in [5.74, 6) is 3.14. The second-order valence-corrected chi connectivity index (χ2v) is 4.38. The van der Waals surface area contributed by atoms with Gasteiger partial charge in [0.1, 0.15) is 5.76 Å². The fraction of sp³-hybridized carbons (Fsp3) is 0.417. The summed E-state index contributed by atoms with van der Waals surface area (Å²) in [5.41, 5.74) is 6.72. The maximum atomic E-state index is 5.79. The van der Waals surface area contributed by atoms with E-state index >= 15 is 0 Å². The Morgan fingerprint density at radius 2 is 2.12 bits per heavy atom. The Labute approximate surface area is 94.4 Å². The monoisotopic (exact) mass is 220 g/mol. The number of hydrogen-bond donors (Lipinski definition) is 1. The molecule has 0 unspecified atom stereocenters. The maximum Gasteiger partial charge on any atom is 0.207 e. The summed E-state index contributed by atoms with van der Waals surface area (Å²) in [4.78, 5) is 0. The molecule has 2 N–H and O–H groups in total. The van der Waals surface area contributed by atoms with Gasteiger partial charge in [-0.15, -0.1) is 0 Å². The van der Waals surface area contributed by atoms with Gasteiger partial charge in [0.2, 0.25) is 5.76 Å². The molecule has 2 rings (SSSR count). The summed E-state index contributed by atoms with van der Waals surface area (Å²) in [7, 11) is 0. The molecule has 0 fully saturated rings. The first kappa shape index (κ1) is 10.8. The lowest BCUT2D eigenvalue weighted by Gasteiger charge is -2.03. The van der Waals surface area contributed by atoms with Crippen LogP contribution in [0.1, 0.15) is 25.2 Å². The number of furan rings is 1. The van der Waals surface area contributed by atoms with Crippen molar-refractivity contribution in [3.05, 3.63) is 23.5 Å². The fourth-order valence-electron chi connectivity index (χ4n) is 1.68. The molecule has 0 radical (unpaired) electrons. The molecular weight excluding hydrogens is 204 g/mol. The molecule has 0 saturated heterocycles. The molecule has 86 valence electrons. The minimum atomic E-state index is 0.456. The van der Waals surface area contributed by atoms with Crippen LogP contribution in [0.4, 0.5) is 5.82 Å². The number of nitrogen functional groups attached to an aromatic ring is 1. The lowest BCUT2D eigenvalue weighted by molar-refractivity contribution is 0.416. The van der Waals surface area contributed by atoms with Crippen molar-refractivity contribution in [3.63, 3.8) is 0 Å². The van der Waals surface area contributed by atoms with Crippen molar-refractivity contribution in [2.75, 3.05) is 5.73 Å². The predicted molar refractivity (Wildman–Crippen MR) is 61.9 cm³/mol. The molecule has 0 atom stereocenters. The summed E-state index contributed by atoms with van der Waals surface area (Å²) >= 11 is 0. The lowest BCUT2D eigenvalue weighted by atomic mass is 10.0. The third-order valence-electron chi connectivity index (χ3n) is 2.40. The molecule has 0 amide bonds. The lowest BCUT2D eigenvalue weighted by Crippen LogP contribution is -1.98. The van der Waals surface area contributed by atoms with Crippen LogP contribution in [0, 0.1) is 12.8 Å². The number of hydrogen-bond acceptors (Lipinski definition) is 4. The van der Waals surface area contributed by atoms with Crippen molar-refractivity contribution < 1.29 is 8.94 Å². The van der Waals surface area contributed by atoms with Crippen molar-refractivity contribution in [1.82, 2.24) is 5.16 Å². The highest BCUT2D eigenvalue weighted by Crippen LogP contribution is 2.30. The molecule has 2 heterocycles. The van der Waals surface area contributed by atoms with Crippen LogP contribution in [0.5, 0.6) is 0 Å². The molecule has 2 aromatic heterocycles. The van der Waals surface area contributed by atoms with Crippen molar-refractivity contribution in [1.29, 1.82) is 0 Å². The Balaban J connectivity index is 2.41. The summed E-state index contributed by atoms with van der Waals surface area (Å²) in [6, 6.07) is 3.77. The van der Waals surface area contributed by atoms with Gasteiger partial charge in [0.15, 0.2) is 11.6 Å². The van der Waals surface area contributed by atoms with Crippen LogP contribution in [-0.2, 0) is 6.42 Å². The van der Waals surface area contributed by atoms with Gasteiger partial charge < -0.3 is 14.7 Å². The molecule has 16 heavy (non-hydrogen) atoms. The topological polar surface area (TPSA) is 65.2 Å². The number of nitrogens with two attached hydrogens (primary N) is 1. The number of anilines is 1. The zero-order valence-corrected chi connectivity index (χ0v) is 9.78. The first-order chi connectivity index (χ1) is 7.58. The van der Waals surface area contributed by atoms with E-state index in [1.54, 1.807) is 0 Å². The third-order valence-corrected chi connectivity index (χ3v) is 2.40. The van der Waals surface area contributed by atoms with Crippen LogP contribution in [0.3, 0.4) is 0 Å². The van der Waals surface area contributed by atoms with E-state index in [0.717, 1.165) is 17.7 Å². The van der Waals surface area contributed by atoms with Gasteiger partial charge >= 0.3 is 0 Å². The molecule has 0 aliphatic carbocycles. The standard InChI is InChI=1S/C12H16N2O2/c1-7(2)6-9-11(16-14-12(9)13)10-5-4-8(3)15-10/h4-5,7H,6H2,1-3H3,(H2,13,14). The molecule has 0 aromatic carbocycles. The molecule has 0 spiro atoms. The van der Waals surface area contributed by atoms with Crippen molar-refractivity contribution in [2.24, 2.45) is 5.92 Å². The molecule has 0 aliphatic rings. The number of rotatable bonds is 3. The average Bonchev–Trinajstić information content (AvgIpc) is 2.75. The summed E-state index contributed by atoms with van der Waals surface area (Å²) in [6.45, 7) is 6.15. The number of nitrogens with zero attached hydrogens (tertiary/aromatic N) is 1. The smallest absolute Gasteiger partial charge is 0.207 e. The van der Waals surface area contributed by atoms with E-state index in [4.69, 9.17) is 14.7 Å². The normalized spacial score (nSPS) is 11.2. The van der Waals surface area contributed by atoms with Crippen LogP contribution in [0.2, 0.25) is 0 Å². The highest BCUT2D eigenvalue weighted by Gasteiger charge is 2.19. The summed E-state index contributed by atoms with van der Waals surface area (Å²) in [6.07, 6.45) is 0.838. The van der Waals surface area contributed by atoms with E-state index < -0.39 is 0 Å². The molecule has 2 aromatic rings. The van der Waals surface area contributed by atoms with Crippen LogP contribution in [-0.4, -0.2) is 5.16 Å². The molecule has 0 saturated carbocycles. The fourth-order valence-corrected chi connectivity index (χ4v) is 1.68. The van der Waals surface area contributed by atoms with Crippen molar-refractivity contribution >= 4 is 5.82 Å². The largest absolute Gasteiger partial charge is 0.458 e. The van der Waals surface area contributed by atoms with Gasteiger partial charge in [-0.05, 0) is 31.4 Å². The third kappa shape index (κ3) is 1.96. The van der Waals surface area contributed by atoms with E-state index in [1.807, 2.05) is 19.1 Å². The van der Waals surface area contributed by atoms with Gasteiger partial charge in [-0.3, -0.25) is 0 Å². The van der Waals surface area contributed by atoms with Crippen molar-refractivity contribution in [3.8, 4) is 11.5 Å². The SMILES string of the molecule is Cc1ccc(-c2onc(N)c2CC(C)C)o1. The Morgan fingerprint density at radius 1 is 1.38 bits per heavy atom. The second kappa shape index (κ2) is 4.04. The highest BCUT2D eigenvalue weighted by atomic mass is 16.5. The van der Waals surface area contributed by atoms with Gasteiger partial charge in [-0.2, -0.15) is 0 Å². The number of aromatic nitrogens is 1. The predicted octanol–water partition coefficient (Wildman–Crippen LogP) is 3.02. The molecule has 4 heteroatoms.